The van der Waals surface area contributed by atoms with Gasteiger partial charge in [-0.2, -0.15) is 23.4 Å². The van der Waals surface area contributed by atoms with Gasteiger partial charge in [0.2, 0.25) is 5.88 Å². The highest BCUT2D eigenvalue weighted by molar-refractivity contribution is 6.05. The van der Waals surface area contributed by atoms with Crippen LogP contribution in [-0.2, 0) is 13.2 Å². The van der Waals surface area contributed by atoms with E-state index in [1.165, 1.54) is 18.3 Å². The zero-order valence-electron chi connectivity index (χ0n) is 17.9. The van der Waals surface area contributed by atoms with Gasteiger partial charge in [-0.05, 0) is 50.2 Å². The van der Waals surface area contributed by atoms with Crippen molar-refractivity contribution in [3.63, 3.8) is 0 Å². The van der Waals surface area contributed by atoms with E-state index < -0.39 is 17.6 Å². The summed E-state index contributed by atoms with van der Waals surface area (Å²) in [5.74, 6) is -0.149. The van der Waals surface area contributed by atoms with Crippen molar-refractivity contribution in [3.05, 3.63) is 71.3 Å². The van der Waals surface area contributed by atoms with Gasteiger partial charge in [-0.25, -0.2) is 4.98 Å². The Labute approximate surface area is 186 Å². The number of pyridine rings is 1. The van der Waals surface area contributed by atoms with E-state index in [0.717, 1.165) is 12.1 Å². The van der Waals surface area contributed by atoms with Crippen molar-refractivity contribution >= 4 is 11.6 Å². The van der Waals surface area contributed by atoms with Gasteiger partial charge in [0.05, 0.1) is 39.5 Å². The lowest BCUT2D eigenvalue weighted by atomic mass is 10.1. The van der Waals surface area contributed by atoms with E-state index >= 15 is 0 Å². The van der Waals surface area contributed by atoms with E-state index in [9.17, 15) is 18.0 Å². The topological polar surface area (TPSA) is 97.7 Å². The first-order valence-electron chi connectivity index (χ1n) is 9.80. The van der Waals surface area contributed by atoms with E-state index in [1.807, 2.05) is 0 Å². The molecule has 4 aromatic rings. The summed E-state index contributed by atoms with van der Waals surface area (Å²) in [7, 11) is 1.73. The fraction of sp³-hybridized carbons (Fsp3) is 0.182. The number of nitrogens with one attached hydrogen (secondary N) is 2. The van der Waals surface area contributed by atoms with Crippen LogP contribution in [0.15, 0.2) is 48.8 Å². The van der Waals surface area contributed by atoms with Gasteiger partial charge >= 0.3 is 6.18 Å². The molecule has 0 aliphatic carbocycles. The number of aromatic amines is 1. The minimum absolute atomic E-state index is 0.0979. The Bertz CT molecular complexity index is 1290. The fourth-order valence-corrected chi connectivity index (χ4v) is 3.14. The molecule has 0 bridgehead atoms. The summed E-state index contributed by atoms with van der Waals surface area (Å²) in [5.41, 5.74) is 2.27. The summed E-state index contributed by atoms with van der Waals surface area (Å²) in [6.07, 6.45) is -1.41. The van der Waals surface area contributed by atoms with Gasteiger partial charge < -0.3 is 10.1 Å². The number of carbonyl (C=O) groups is 1. The lowest BCUT2D eigenvalue weighted by Crippen LogP contribution is -2.13. The quantitative estimate of drug-likeness (QED) is 0.446. The van der Waals surface area contributed by atoms with E-state index in [1.54, 1.807) is 43.9 Å². The Morgan fingerprint density at radius 3 is 2.45 bits per heavy atom. The van der Waals surface area contributed by atoms with Gasteiger partial charge in [-0.1, -0.05) is 0 Å². The first-order chi connectivity index (χ1) is 15.6. The van der Waals surface area contributed by atoms with Crippen molar-refractivity contribution in [1.82, 2.24) is 25.0 Å². The van der Waals surface area contributed by atoms with E-state index in [2.05, 4.69) is 25.6 Å². The molecule has 0 spiro atoms. The number of H-pyrrole nitrogens is 1. The maximum atomic E-state index is 12.8. The molecule has 0 radical (unpaired) electrons. The van der Waals surface area contributed by atoms with Crippen molar-refractivity contribution < 1.29 is 22.7 Å². The number of hydrogen-bond donors (Lipinski definition) is 2. The van der Waals surface area contributed by atoms with E-state index in [4.69, 9.17) is 4.74 Å². The molecule has 0 saturated heterocycles. The van der Waals surface area contributed by atoms with E-state index in [-0.39, 0.29) is 17.2 Å². The Morgan fingerprint density at radius 1 is 1.15 bits per heavy atom. The molecule has 3 heterocycles. The smallest absolute Gasteiger partial charge is 0.416 e. The molecule has 170 valence electrons. The highest BCUT2D eigenvalue weighted by Crippen LogP contribution is 2.34. The highest BCUT2D eigenvalue weighted by Gasteiger charge is 2.30. The fourth-order valence-electron chi connectivity index (χ4n) is 3.14. The van der Waals surface area contributed by atoms with Crippen molar-refractivity contribution in [2.75, 3.05) is 5.32 Å². The minimum Gasteiger partial charge on any atom is -0.438 e. The molecule has 0 saturated carbocycles. The van der Waals surface area contributed by atoms with Gasteiger partial charge in [0.15, 0.2) is 0 Å². The lowest BCUT2D eigenvalue weighted by Gasteiger charge is -2.12. The number of hydrogen-bond acceptors (Lipinski definition) is 5. The SMILES string of the molecule is Cc1n[nH]c(C)c1NC(=O)c1cnc(Oc2ccc(C(F)(F)F)cc2)c(-c2ccn(C)n2)c1. The van der Waals surface area contributed by atoms with Gasteiger partial charge in [0, 0.05) is 19.4 Å². The molecule has 8 nitrogen and oxygen atoms in total. The van der Waals surface area contributed by atoms with Crippen molar-refractivity contribution in [2.24, 2.45) is 7.05 Å². The number of nitrogens with zero attached hydrogens (tertiary/aromatic N) is 4. The normalized spacial score (nSPS) is 11.5. The summed E-state index contributed by atoms with van der Waals surface area (Å²) in [6, 6.07) is 7.54. The minimum atomic E-state index is -4.45. The van der Waals surface area contributed by atoms with Crippen molar-refractivity contribution in [1.29, 1.82) is 0 Å². The molecule has 0 atom stereocenters. The molecule has 4 rings (SSSR count). The molecule has 1 aromatic carbocycles. The van der Waals surface area contributed by atoms with Gasteiger partial charge in [0.1, 0.15) is 5.75 Å². The number of amides is 1. The maximum absolute atomic E-state index is 12.8. The van der Waals surface area contributed by atoms with Gasteiger partial charge in [0.25, 0.3) is 5.91 Å². The van der Waals surface area contributed by atoms with Crippen molar-refractivity contribution in [3.8, 4) is 22.9 Å². The lowest BCUT2D eigenvalue weighted by molar-refractivity contribution is -0.137. The third-order valence-electron chi connectivity index (χ3n) is 4.87. The Balaban J connectivity index is 1.67. The first-order valence-corrected chi connectivity index (χ1v) is 9.80. The molecular formula is C22H19F3N6O2. The average molecular weight is 456 g/mol. The number of halogens is 3. The van der Waals surface area contributed by atoms with Crippen LogP contribution < -0.4 is 10.1 Å². The molecule has 3 aromatic heterocycles. The second kappa shape index (κ2) is 8.41. The number of rotatable bonds is 5. The van der Waals surface area contributed by atoms with Crippen LogP contribution in [0.2, 0.25) is 0 Å². The second-order valence-corrected chi connectivity index (χ2v) is 7.34. The largest absolute Gasteiger partial charge is 0.438 e. The van der Waals surface area contributed by atoms with Gasteiger partial charge in [-0.3, -0.25) is 14.6 Å². The molecule has 11 heteroatoms. The van der Waals surface area contributed by atoms with Crippen LogP contribution in [0, 0.1) is 13.8 Å². The summed E-state index contributed by atoms with van der Waals surface area (Å²) < 4.78 is 45.8. The zero-order chi connectivity index (χ0) is 23.8. The summed E-state index contributed by atoms with van der Waals surface area (Å²) in [5, 5.41) is 14.0. The average Bonchev–Trinajstić information content (AvgIpc) is 3.34. The number of ether oxygens (including phenoxy) is 1. The van der Waals surface area contributed by atoms with E-state index in [0.29, 0.717) is 28.3 Å². The Morgan fingerprint density at radius 2 is 1.88 bits per heavy atom. The number of aromatic nitrogens is 5. The third kappa shape index (κ3) is 4.71. The summed E-state index contributed by atoms with van der Waals surface area (Å²) in [6.45, 7) is 3.55. The zero-order valence-corrected chi connectivity index (χ0v) is 17.9. The molecule has 0 aliphatic heterocycles. The number of anilines is 1. The standard InChI is InChI=1S/C22H19F3N6O2/c1-12-19(13(2)29-28-12)27-20(32)14-10-17(18-8-9-31(3)30-18)21(26-11-14)33-16-6-4-15(5-7-16)22(23,24)25/h4-11H,1-3H3,(H,27,32)(H,28,29). The number of alkyl halides is 3. The van der Waals surface area contributed by atoms with Crippen LogP contribution >= 0.6 is 0 Å². The van der Waals surface area contributed by atoms with Crippen LogP contribution in [0.3, 0.4) is 0 Å². The number of carbonyl (C=O) groups excluding carboxylic acids is 1. The monoisotopic (exact) mass is 456 g/mol. The molecule has 1 amide bonds. The third-order valence-corrected chi connectivity index (χ3v) is 4.87. The van der Waals surface area contributed by atoms with Crippen molar-refractivity contribution in [2.45, 2.75) is 20.0 Å². The van der Waals surface area contributed by atoms with Crippen LogP contribution in [0.4, 0.5) is 18.9 Å². The van der Waals surface area contributed by atoms with Crippen LogP contribution in [0.1, 0.15) is 27.3 Å². The predicted octanol–water partition coefficient (Wildman–Crippen LogP) is 4.89. The van der Waals surface area contributed by atoms with Crippen LogP contribution in [-0.4, -0.2) is 30.9 Å². The highest BCUT2D eigenvalue weighted by atomic mass is 19.4. The molecular weight excluding hydrogens is 437 g/mol. The predicted molar refractivity (Wildman–Crippen MR) is 114 cm³/mol. The molecule has 0 unspecified atom stereocenters. The Kier molecular flexibility index (Phi) is 5.62. The molecule has 33 heavy (non-hydrogen) atoms. The summed E-state index contributed by atoms with van der Waals surface area (Å²) >= 11 is 0. The number of aryl methyl sites for hydroxylation is 3. The van der Waals surface area contributed by atoms with Crippen LogP contribution in [0.5, 0.6) is 11.6 Å². The van der Waals surface area contributed by atoms with Gasteiger partial charge in [-0.15, -0.1) is 0 Å². The first kappa shape index (κ1) is 22.1. The second-order valence-electron chi connectivity index (χ2n) is 7.34. The molecule has 0 fully saturated rings. The Hall–Kier alpha value is -4.15. The molecule has 2 N–H and O–H groups in total. The van der Waals surface area contributed by atoms with Crippen LogP contribution in [0.25, 0.3) is 11.3 Å². The number of benzene rings is 1. The maximum Gasteiger partial charge on any atom is 0.416 e. The molecule has 0 aliphatic rings. The summed E-state index contributed by atoms with van der Waals surface area (Å²) in [4.78, 5) is 17.1.